The third kappa shape index (κ3) is 4.72. The van der Waals surface area contributed by atoms with Crippen LogP contribution >= 0.6 is 0 Å². The fourth-order valence-corrected chi connectivity index (χ4v) is 2.42. The minimum absolute atomic E-state index is 0.299. The molecule has 0 atom stereocenters. The molecule has 0 spiro atoms. The van der Waals surface area contributed by atoms with Gasteiger partial charge in [0.2, 0.25) is 0 Å². The van der Waals surface area contributed by atoms with Crippen molar-refractivity contribution in [2.24, 2.45) is 0 Å². The maximum Gasteiger partial charge on any atom is 0.401 e. The Hall–Kier alpha value is -0.370. The lowest BCUT2D eigenvalue weighted by Crippen LogP contribution is -2.53. The fourth-order valence-electron chi connectivity index (χ4n) is 2.42. The molecule has 7 heteroatoms. The molecular formula is C11H20F3N3O. The van der Waals surface area contributed by atoms with Crippen molar-refractivity contribution in [1.82, 2.24) is 15.3 Å². The Morgan fingerprint density at radius 1 is 1.06 bits per heavy atom. The third-order valence-electron chi connectivity index (χ3n) is 3.37. The van der Waals surface area contributed by atoms with Gasteiger partial charge in [0.25, 0.3) is 0 Å². The summed E-state index contributed by atoms with van der Waals surface area (Å²) >= 11 is 0. The third-order valence-corrected chi connectivity index (χ3v) is 3.37. The zero-order chi connectivity index (χ0) is 13.0. The first-order valence-corrected chi connectivity index (χ1v) is 6.41. The van der Waals surface area contributed by atoms with E-state index in [1.807, 2.05) is 0 Å². The highest BCUT2D eigenvalue weighted by atomic mass is 19.4. The van der Waals surface area contributed by atoms with Gasteiger partial charge in [0.1, 0.15) is 0 Å². The maximum absolute atomic E-state index is 12.2. The Kier molecular flexibility index (Phi) is 4.83. The molecule has 0 unspecified atom stereocenters. The monoisotopic (exact) mass is 267 g/mol. The van der Waals surface area contributed by atoms with Crippen LogP contribution in [0.5, 0.6) is 0 Å². The van der Waals surface area contributed by atoms with E-state index in [0.717, 1.165) is 39.1 Å². The molecular weight excluding hydrogens is 247 g/mol. The minimum atomic E-state index is -4.08. The number of hydrazine groups is 1. The summed E-state index contributed by atoms with van der Waals surface area (Å²) in [6.45, 7) is 3.39. The number of ether oxygens (including phenoxy) is 1. The quantitative estimate of drug-likeness (QED) is 0.820. The van der Waals surface area contributed by atoms with Crippen molar-refractivity contribution in [2.75, 3.05) is 45.9 Å². The van der Waals surface area contributed by atoms with Crippen molar-refractivity contribution >= 4 is 0 Å². The Morgan fingerprint density at radius 3 is 2.22 bits per heavy atom. The van der Waals surface area contributed by atoms with Crippen molar-refractivity contribution in [3.63, 3.8) is 0 Å². The van der Waals surface area contributed by atoms with Crippen LogP contribution < -0.4 is 5.43 Å². The number of likely N-dealkylation sites (tertiary alicyclic amines) is 1. The molecule has 2 rings (SSSR count). The number of morpholine rings is 1. The van der Waals surface area contributed by atoms with E-state index in [1.54, 1.807) is 0 Å². The van der Waals surface area contributed by atoms with Crippen LogP contribution in [0.1, 0.15) is 12.8 Å². The van der Waals surface area contributed by atoms with E-state index >= 15 is 0 Å². The summed E-state index contributed by atoms with van der Waals surface area (Å²) in [5, 5.41) is 2.12. The summed E-state index contributed by atoms with van der Waals surface area (Å²) in [6, 6.07) is 0.299. The number of hydrogen-bond acceptors (Lipinski definition) is 4. The first kappa shape index (κ1) is 14.0. The topological polar surface area (TPSA) is 27.7 Å². The summed E-state index contributed by atoms with van der Waals surface area (Å²) in [5.74, 6) is 0. The minimum Gasteiger partial charge on any atom is -0.379 e. The molecule has 2 saturated heterocycles. The molecule has 2 aliphatic rings. The van der Waals surface area contributed by atoms with E-state index < -0.39 is 12.7 Å². The summed E-state index contributed by atoms with van der Waals surface area (Å²) in [6.07, 6.45) is -2.54. The van der Waals surface area contributed by atoms with E-state index in [-0.39, 0.29) is 0 Å². The van der Waals surface area contributed by atoms with Crippen molar-refractivity contribution in [3.05, 3.63) is 0 Å². The van der Waals surface area contributed by atoms with Gasteiger partial charge in [-0.15, -0.1) is 0 Å². The second-order valence-corrected chi connectivity index (χ2v) is 4.89. The predicted molar refractivity (Wildman–Crippen MR) is 61.0 cm³/mol. The largest absolute Gasteiger partial charge is 0.401 e. The van der Waals surface area contributed by atoms with Gasteiger partial charge < -0.3 is 4.74 Å². The molecule has 0 aromatic heterocycles. The van der Waals surface area contributed by atoms with Crippen molar-refractivity contribution in [1.29, 1.82) is 0 Å². The van der Waals surface area contributed by atoms with Crippen LogP contribution in [0.2, 0.25) is 0 Å². The molecule has 0 aromatic carbocycles. The van der Waals surface area contributed by atoms with Crippen LogP contribution in [0.15, 0.2) is 0 Å². The molecule has 4 nitrogen and oxygen atoms in total. The van der Waals surface area contributed by atoms with Crippen LogP contribution in [-0.4, -0.2) is 68.1 Å². The Labute approximate surface area is 105 Å². The van der Waals surface area contributed by atoms with Crippen LogP contribution in [0, 0.1) is 0 Å². The number of piperidine rings is 1. The lowest BCUT2D eigenvalue weighted by molar-refractivity contribution is -0.148. The van der Waals surface area contributed by atoms with Crippen LogP contribution in [0.3, 0.4) is 0 Å². The van der Waals surface area contributed by atoms with Gasteiger partial charge in [0, 0.05) is 32.2 Å². The van der Waals surface area contributed by atoms with Crippen LogP contribution in [-0.2, 0) is 4.74 Å². The zero-order valence-corrected chi connectivity index (χ0v) is 10.4. The number of nitrogens with one attached hydrogen (secondary N) is 1. The van der Waals surface area contributed by atoms with Gasteiger partial charge in [-0.2, -0.15) is 13.2 Å². The SMILES string of the molecule is FC(F)(F)CN1CCC(NN2CCOCC2)CC1. The van der Waals surface area contributed by atoms with E-state index in [0.29, 0.717) is 19.1 Å². The molecule has 0 aliphatic carbocycles. The average molecular weight is 267 g/mol. The zero-order valence-electron chi connectivity index (χ0n) is 10.4. The molecule has 2 heterocycles. The first-order valence-electron chi connectivity index (χ1n) is 6.41. The van der Waals surface area contributed by atoms with Crippen molar-refractivity contribution < 1.29 is 17.9 Å². The molecule has 0 bridgehead atoms. The second kappa shape index (κ2) is 6.18. The highest BCUT2D eigenvalue weighted by Crippen LogP contribution is 2.19. The molecule has 106 valence electrons. The number of rotatable bonds is 3. The average Bonchev–Trinajstić information content (AvgIpc) is 2.31. The van der Waals surface area contributed by atoms with Crippen LogP contribution in [0.25, 0.3) is 0 Å². The first-order chi connectivity index (χ1) is 8.53. The summed E-state index contributed by atoms with van der Waals surface area (Å²) in [5.41, 5.74) is 3.39. The lowest BCUT2D eigenvalue weighted by atomic mass is 10.1. The highest BCUT2D eigenvalue weighted by Gasteiger charge is 2.32. The van der Waals surface area contributed by atoms with Crippen molar-refractivity contribution in [3.8, 4) is 0 Å². The fraction of sp³-hybridized carbons (Fsp3) is 1.00. The smallest absolute Gasteiger partial charge is 0.379 e. The molecule has 0 radical (unpaired) electrons. The van der Waals surface area contributed by atoms with Gasteiger partial charge in [0.15, 0.2) is 0 Å². The maximum atomic E-state index is 12.2. The second-order valence-electron chi connectivity index (χ2n) is 4.89. The number of nitrogens with zero attached hydrogens (tertiary/aromatic N) is 2. The normalized spacial score (nSPS) is 25.5. The van der Waals surface area contributed by atoms with E-state index in [1.165, 1.54) is 4.90 Å². The van der Waals surface area contributed by atoms with Crippen LogP contribution in [0.4, 0.5) is 13.2 Å². The number of halogens is 3. The Bertz CT molecular complexity index is 248. The molecule has 0 aromatic rings. The standard InChI is InChI=1S/C11H20F3N3O/c12-11(13,14)9-16-3-1-10(2-4-16)15-17-5-7-18-8-6-17/h10,15H,1-9H2. The lowest BCUT2D eigenvalue weighted by Gasteiger charge is -2.37. The van der Waals surface area contributed by atoms with Gasteiger partial charge in [-0.1, -0.05) is 0 Å². The highest BCUT2D eigenvalue weighted by molar-refractivity contribution is 4.78. The Balaban J connectivity index is 1.66. The van der Waals surface area contributed by atoms with Gasteiger partial charge in [0.05, 0.1) is 19.8 Å². The molecule has 2 fully saturated rings. The predicted octanol–water partition coefficient (Wildman–Crippen LogP) is 0.850. The number of alkyl halides is 3. The van der Waals surface area contributed by atoms with Gasteiger partial charge in [-0.3, -0.25) is 10.3 Å². The molecule has 0 amide bonds. The Morgan fingerprint density at radius 2 is 1.67 bits per heavy atom. The number of hydrogen-bond donors (Lipinski definition) is 1. The van der Waals surface area contributed by atoms with E-state index in [4.69, 9.17) is 4.74 Å². The van der Waals surface area contributed by atoms with E-state index in [9.17, 15) is 13.2 Å². The van der Waals surface area contributed by atoms with Gasteiger partial charge >= 0.3 is 6.18 Å². The van der Waals surface area contributed by atoms with Crippen molar-refractivity contribution in [2.45, 2.75) is 25.1 Å². The van der Waals surface area contributed by atoms with Gasteiger partial charge in [-0.05, 0) is 12.8 Å². The molecule has 2 aliphatic heterocycles. The van der Waals surface area contributed by atoms with E-state index in [2.05, 4.69) is 10.4 Å². The molecule has 0 saturated carbocycles. The molecule has 18 heavy (non-hydrogen) atoms. The summed E-state index contributed by atoms with van der Waals surface area (Å²) in [7, 11) is 0. The summed E-state index contributed by atoms with van der Waals surface area (Å²) < 4.78 is 41.9. The molecule has 1 N–H and O–H groups in total. The van der Waals surface area contributed by atoms with Gasteiger partial charge in [-0.25, -0.2) is 5.01 Å². The summed E-state index contributed by atoms with van der Waals surface area (Å²) in [4.78, 5) is 1.48.